The number of hydrogen-bond acceptors (Lipinski definition) is 2. The van der Waals surface area contributed by atoms with E-state index in [4.69, 9.17) is 0 Å². The van der Waals surface area contributed by atoms with E-state index >= 15 is 0 Å². The Kier molecular flexibility index (Phi) is 4.15. The summed E-state index contributed by atoms with van der Waals surface area (Å²) < 4.78 is 2.55. The molecule has 4 heteroatoms. The Bertz CT molecular complexity index is 438. The van der Waals surface area contributed by atoms with Crippen molar-refractivity contribution >= 4 is 44.2 Å². The number of hydrogen-bond donors (Lipinski definition) is 0. The van der Waals surface area contributed by atoms with E-state index in [1.54, 1.807) is 0 Å². The molecule has 0 N–H and O–H groups in total. The molecule has 1 aromatic rings. The van der Waals surface area contributed by atoms with Gasteiger partial charge in [0.1, 0.15) is 0 Å². The van der Waals surface area contributed by atoms with Gasteiger partial charge < -0.3 is 4.90 Å². The van der Waals surface area contributed by atoms with Crippen LogP contribution < -0.4 is 4.90 Å². The maximum atomic E-state index is 3.70. The maximum absolute atomic E-state index is 3.70. The number of piperazine rings is 1. The number of benzene rings is 1. The summed E-state index contributed by atoms with van der Waals surface area (Å²) >= 11 is 6.09. The summed E-state index contributed by atoms with van der Waals surface area (Å²) in [5.74, 6) is 0. The van der Waals surface area contributed by atoms with Gasteiger partial charge in [-0.05, 0) is 76.1 Å². The Morgan fingerprint density at radius 2 is 2.06 bits per heavy atom. The molecular formula is C14H18BrIN2. The number of anilines is 1. The third-order valence-corrected chi connectivity index (χ3v) is 5.43. The summed E-state index contributed by atoms with van der Waals surface area (Å²) in [5.41, 5.74) is 1.37. The Balaban J connectivity index is 1.79. The average Bonchev–Trinajstić information content (AvgIpc) is 2.41. The van der Waals surface area contributed by atoms with Gasteiger partial charge in [0.15, 0.2) is 0 Å². The number of halogens is 2. The van der Waals surface area contributed by atoms with Gasteiger partial charge in [-0.2, -0.15) is 0 Å². The smallest absolute Gasteiger partial charge is 0.0522 e. The van der Waals surface area contributed by atoms with E-state index in [-0.39, 0.29) is 0 Å². The fraction of sp³-hybridized carbons (Fsp3) is 0.571. The topological polar surface area (TPSA) is 6.48 Å². The second kappa shape index (κ2) is 5.67. The molecule has 0 saturated carbocycles. The van der Waals surface area contributed by atoms with Crippen LogP contribution in [0.15, 0.2) is 22.7 Å². The van der Waals surface area contributed by atoms with Crippen molar-refractivity contribution in [1.82, 2.24) is 4.90 Å². The zero-order valence-electron chi connectivity index (χ0n) is 10.4. The molecule has 2 aliphatic rings. The highest BCUT2D eigenvalue weighted by Crippen LogP contribution is 2.31. The Morgan fingerprint density at radius 1 is 1.17 bits per heavy atom. The van der Waals surface area contributed by atoms with Crippen LogP contribution in [0.5, 0.6) is 0 Å². The normalized spacial score (nSPS) is 25.0. The Labute approximate surface area is 131 Å². The summed E-state index contributed by atoms with van der Waals surface area (Å²) in [5, 5.41) is 0. The van der Waals surface area contributed by atoms with Crippen molar-refractivity contribution in [2.24, 2.45) is 0 Å². The van der Waals surface area contributed by atoms with Crippen molar-refractivity contribution in [2.75, 3.05) is 31.1 Å². The van der Waals surface area contributed by atoms with Crippen LogP contribution in [0.3, 0.4) is 0 Å². The first kappa shape index (κ1) is 13.2. The van der Waals surface area contributed by atoms with Crippen LogP contribution in [0.25, 0.3) is 0 Å². The largest absolute Gasteiger partial charge is 0.368 e. The first-order valence-corrected chi connectivity index (χ1v) is 8.55. The van der Waals surface area contributed by atoms with E-state index in [1.165, 1.54) is 52.6 Å². The lowest BCUT2D eigenvalue weighted by Gasteiger charge is -2.45. The highest BCUT2D eigenvalue weighted by molar-refractivity contribution is 14.1. The zero-order valence-corrected chi connectivity index (χ0v) is 14.2. The third-order valence-electron chi connectivity index (χ3n) is 4.09. The quantitative estimate of drug-likeness (QED) is 0.638. The van der Waals surface area contributed by atoms with E-state index in [1.807, 2.05) is 0 Å². The lowest BCUT2D eigenvalue weighted by molar-refractivity contribution is 0.133. The van der Waals surface area contributed by atoms with Crippen LogP contribution in [0.2, 0.25) is 0 Å². The Morgan fingerprint density at radius 3 is 2.94 bits per heavy atom. The van der Waals surface area contributed by atoms with E-state index in [2.05, 4.69) is 66.5 Å². The molecule has 98 valence electrons. The van der Waals surface area contributed by atoms with Gasteiger partial charge in [-0.15, -0.1) is 0 Å². The second-order valence-corrected chi connectivity index (χ2v) is 7.33. The van der Waals surface area contributed by atoms with E-state index in [0.29, 0.717) is 0 Å². The van der Waals surface area contributed by atoms with Crippen molar-refractivity contribution in [1.29, 1.82) is 0 Å². The highest BCUT2D eigenvalue weighted by atomic mass is 127. The standard InChI is InChI=1S/C14H18BrIN2/c15-13-5-4-11(16)9-14(13)18-8-7-17-6-2-1-3-12(17)10-18/h4-5,9,12H,1-3,6-8,10H2. The van der Waals surface area contributed by atoms with Crippen molar-refractivity contribution < 1.29 is 0 Å². The monoisotopic (exact) mass is 420 g/mol. The van der Waals surface area contributed by atoms with Crippen LogP contribution in [0.4, 0.5) is 5.69 Å². The lowest BCUT2D eigenvalue weighted by Crippen LogP contribution is -2.55. The fourth-order valence-electron chi connectivity index (χ4n) is 3.10. The first-order chi connectivity index (χ1) is 8.74. The van der Waals surface area contributed by atoms with Gasteiger partial charge in [0, 0.05) is 33.7 Å². The molecular weight excluding hydrogens is 403 g/mol. The average molecular weight is 421 g/mol. The molecule has 0 radical (unpaired) electrons. The third kappa shape index (κ3) is 2.70. The molecule has 2 aliphatic heterocycles. The van der Waals surface area contributed by atoms with Crippen LogP contribution in [-0.4, -0.2) is 37.1 Å². The molecule has 18 heavy (non-hydrogen) atoms. The molecule has 2 heterocycles. The number of fused-ring (bicyclic) bond motifs is 1. The van der Waals surface area contributed by atoms with E-state index < -0.39 is 0 Å². The first-order valence-electron chi connectivity index (χ1n) is 6.68. The maximum Gasteiger partial charge on any atom is 0.0522 e. The van der Waals surface area contributed by atoms with E-state index in [9.17, 15) is 0 Å². The molecule has 0 aromatic heterocycles. The van der Waals surface area contributed by atoms with Gasteiger partial charge in [0.2, 0.25) is 0 Å². The zero-order chi connectivity index (χ0) is 12.5. The molecule has 2 saturated heterocycles. The van der Waals surface area contributed by atoms with Gasteiger partial charge in [0.25, 0.3) is 0 Å². The summed E-state index contributed by atoms with van der Waals surface area (Å²) in [6.45, 7) is 4.89. The van der Waals surface area contributed by atoms with Gasteiger partial charge in [-0.3, -0.25) is 4.90 Å². The molecule has 0 bridgehead atoms. The minimum Gasteiger partial charge on any atom is -0.368 e. The van der Waals surface area contributed by atoms with Crippen LogP contribution in [0, 0.1) is 3.57 Å². The van der Waals surface area contributed by atoms with Crippen LogP contribution >= 0.6 is 38.5 Å². The van der Waals surface area contributed by atoms with Crippen LogP contribution in [-0.2, 0) is 0 Å². The molecule has 3 rings (SSSR count). The molecule has 2 nitrogen and oxygen atoms in total. The van der Waals surface area contributed by atoms with Gasteiger partial charge in [-0.25, -0.2) is 0 Å². The molecule has 0 aliphatic carbocycles. The van der Waals surface area contributed by atoms with Crippen molar-refractivity contribution in [2.45, 2.75) is 25.3 Å². The minimum absolute atomic E-state index is 0.775. The van der Waals surface area contributed by atoms with Gasteiger partial charge >= 0.3 is 0 Å². The van der Waals surface area contributed by atoms with Gasteiger partial charge in [-0.1, -0.05) is 6.42 Å². The predicted molar refractivity (Wildman–Crippen MR) is 88.3 cm³/mol. The van der Waals surface area contributed by atoms with E-state index in [0.717, 1.165) is 12.6 Å². The summed E-state index contributed by atoms with van der Waals surface area (Å²) in [4.78, 5) is 5.24. The number of piperidine rings is 1. The molecule has 2 fully saturated rings. The predicted octanol–water partition coefficient (Wildman–Crippen LogP) is 3.73. The minimum atomic E-state index is 0.775. The molecule has 0 amide bonds. The molecule has 1 unspecified atom stereocenters. The summed E-state index contributed by atoms with van der Waals surface area (Å²) in [6, 6.07) is 7.40. The summed E-state index contributed by atoms with van der Waals surface area (Å²) in [7, 11) is 0. The SMILES string of the molecule is Brc1ccc(I)cc1N1CCN2CCCCC2C1. The number of nitrogens with zero attached hydrogens (tertiary/aromatic N) is 2. The van der Waals surface area contributed by atoms with Crippen molar-refractivity contribution in [3.8, 4) is 0 Å². The second-order valence-electron chi connectivity index (χ2n) is 5.23. The molecule has 1 atom stereocenters. The molecule has 1 aromatic carbocycles. The van der Waals surface area contributed by atoms with Crippen LogP contribution in [0.1, 0.15) is 19.3 Å². The highest BCUT2D eigenvalue weighted by Gasteiger charge is 2.29. The Hall–Kier alpha value is 0.190. The molecule has 0 spiro atoms. The lowest BCUT2D eigenvalue weighted by atomic mass is 9.99. The number of rotatable bonds is 1. The fourth-order valence-corrected chi connectivity index (χ4v) is 4.08. The van der Waals surface area contributed by atoms with Gasteiger partial charge in [0.05, 0.1) is 5.69 Å². The van der Waals surface area contributed by atoms with Crippen molar-refractivity contribution in [3.63, 3.8) is 0 Å². The summed E-state index contributed by atoms with van der Waals surface area (Å²) in [6.07, 6.45) is 4.17. The van der Waals surface area contributed by atoms with Crippen molar-refractivity contribution in [3.05, 3.63) is 26.2 Å².